The fourth-order valence-electron chi connectivity index (χ4n) is 1.61. The number of nitrogens with zero attached hydrogens (tertiary/aromatic N) is 1. The van der Waals surface area contributed by atoms with Gasteiger partial charge < -0.3 is 5.11 Å². The van der Waals surface area contributed by atoms with Crippen LogP contribution >= 0.6 is 0 Å². The highest BCUT2D eigenvalue weighted by Crippen LogP contribution is 2.22. The highest BCUT2D eigenvalue weighted by atomic mass is 19.1. The molecule has 0 fully saturated rings. The first-order valence-electron chi connectivity index (χ1n) is 5.03. The number of aliphatic hydroxyl groups excluding tert-OH is 1. The van der Waals surface area contributed by atoms with Crippen LogP contribution in [-0.4, -0.2) is 10.1 Å². The molecule has 1 aromatic carbocycles. The lowest BCUT2D eigenvalue weighted by atomic mass is 10.0. The number of rotatable bonds is 2. The molecule has 3 heteroatoms. The molecule has 0 bridgehead atoms. The van der Waals surface area contributed by atoms with Crippen LogP contribution in [0.25, 0.3) is 0 Å². The first-order chi connectivity index (χ1) is 7.66. The van der Waals surface area contributed by atoms with Crippen molar-refractivity contribution in [1.29, 1.82) is 0 Å². The Labute approximate surface area is 93.4 Å². The Kier molecular flexibility index (Phi) is 2.97. The van der Waals surface area contributed by atoms with Crippen molar-refractivity contribution in [2.45, 2.75) is 13.0 Å². The predicted octanol–water partition coefficient (Wildman–Crippen LogP) is 2.61. The van der Waals surface area contributed by atoms with Crippen LogP contribution in [0.2, 0.25) is 0 Å². The molecule has 1 atom stereocenters. The van der Waals surface area contributed by atoms with Crippen LogP contribution in [0.1, 0.15) is 22.9 Å². The van der Waals surface area contributed by atoms with Gasteiger partial charge in [-0.15, -0.1) is 0 Å². The summed E-state index contributed by atoms with van der Waals surface area (Å²) in [5, 5.41) is 10.0. The minimum Gasteiger partial charge on any atom is -0.384 e. The Morgan fingerprint density at radius 2 is 1.94 bits per heavy atom. The largest absolute Gasteiger partial charge is 0.384 e. The van der Waals surface area contributed by atoms with Gasteiger partial charge in [-0.3, -0.25) is 4.98 Å². The van der Waals surface area contributed by atoms with E-state index < -0.39 is 6.10 Å². The second-order valence-electron chi connectivity index (χ2n) is 3.69. The zero-order chi connectivity index (χ0) is 11.5. The third-order valence-corrected chi connectivity index (χ3v) is 2.40. The summed E-state index contributed by atoms with van der Waals surface area (Å²) in [6.45, 7) is 1.85. The molecule has 0 aliphatic heterocycles. The van der Waals surface area contributed by atoms with Crippen molar-refractivity contribution in [3.63, 3.8) is 0 Å². The van der Waals surface area contributed by atoms with Crippen LogP contribution in [-0.2, 0) is 0 Å². The summed E-state index contributed by atoms with van der Waals surface area (Å²) >= 11 is 0. The molecule has 2 rings (SSSR count). The molecular formula is C13H12FNO. The van der Waals surface area contributed by atoms with E-state index in [1.165, 1.54) is 12.1 Å². The van der Waals surface area contributed by atoms with E-state index in [9.17, 15) is 9.50 Å². The molecule has 82 valence electrons. The van der Waals surface area contributed by atoms with E-state index in [2.05, 4.69) is 4.98 Å². The Morgan fingerprint density at radius 1 is 1.19 bits per heavy atom. The lowest BCUT2D eigenvalue weighted by Crippen LogP contribution is -2.00. The highest BCUT2D eigenvalue weighted by molar-refractivity contribution is 5.30. The van der Waals surface area contributed by atoms with Gasteiger partial charge in [-0.05, 0) is 42.3 Å². The van der Waals surface area contributed by atoms with Crippen LogP contribution in [0, 0.1) is 12.7 Å². The molecule has 0 aliphatic carbocycles. The molecular weight excluding hydrogens is 205 g/mol. The monoisotopic (exact) mass is 217 g/mol. The normalized spacial score (nSPS) is 12.4. The SMILES string of the molecule is Cc1cc(C(O)c2cccc(F)c2)ccn1. The second-order valence-corrected chi connectivity index (χ2v) is 3.69. The van der Waals surface area contributed by atoms with Gasteiger partial charge in [0.05, 0.1) is 0 Å². The Morgan fingerprint density at radius 3 is 2.62 bits per heavy atom. The zero-order valence-electron chi connectivity index (χ0n) is 8.89. The Hall–Kier alpha value is -1.74. The van der Waals surface area contributed by atoms with E-state index in [0.717, 1.165) is 11.3 Å². The van der Waals surface area contributed by atoms with E-state index in [1.807, 2.05) is 6.92 Å². The maximum Gasteiger partial charge on any atom is 0.123 e. The topological polar surface area (TPSA) is 33.1 Å². The van der Waals surface area contributed by atoms with Gasteiger partial charge in [-0.25, -0.2) is 4.39 Å². The molecule has 1 N–H and O–H groups in total. The summed E-state index contributed by atoms with van der Waals surface area (Å²) in [5.41, 5.74) is 2.09. The van der Waals surface area contributed by atoms with Gasteiger partial charge in [-0.2, -0.15) is 0 Å². The lowest BCUT2D eigenvalue weighted by molar-refractivity contribution is 0.219. The number of aryl methyl sites for hydroxylation is 1. The van der Waals surface area contributed by atoms with Gasteiger partial charge in [0.15, 0.2) is 0 Å². The fraction of sp³-hybridized carbons (Fsp3) is 0.154. The number of benzene rings is 1. The van der Waals surface area contributed by atoms with Crippen LogP contribution in [0.3, 0.4) is 0 Å². The van der Waals surface area contributed by atoms with Gasteiger partial charge in [-0.1, -0.05) is 12.1 Å². The van der Waals surface area contributed by atoms with Crippen molar-refractivity contribution < 1.29 is 9.50 Å². The summed E-state index contributed by atoms with van der Waals surface area (Å²) in [4.78, 5) is 4.05. The fourth-order valence-corrected chi connectivity index (χ4v) is 1.61. The van der Waals surface area contributed by atoms with E-state index in [4.69, 9.17) is 0 Å². The van der Waals surface area contributed by atoms with E-state index in [-0.39, 0.29) is 5.82 Å². The maximum atomic E-state index is 13.0. The molecule has 0 saturated heterocycles. The summed E-state index contributed by atoms with van der Waals surface area (Å²) in [6.07, 6.45) is 0.824. The van der Waals surface area contributed by atoms with Crippen LogP contribution in [0.15, 0.2) is 42.6 Å². The molecule has 0 saturated carbocycles. The first-order valence-corrected chi connectivity index (χ1v) is 5.03. The average Bonchev–Trinajstić information content (AvgIpc) is 2.28. The number of aliphatic hydroxyl groups is 1. The number of halogens is 1. The molecule has 2 aromatic rings. The van der Waals surface area contributed by atoms with E-state index in [0.29, 0.717) is 5.56 Å². The number of aromatic nitrogens is 1. The smallest absolute Gasteiger partial charge is 0.123 e. The molecule has 1 unspecified atom stereocenters. The third-order valence-electron chi connectivity index (χ3n) is 2.40. The van der Waals surface area contributed by atoms with Gasteiger partial charge in [0.2, 0.25) is 0 Å². The van der Waals surface area contributed by atoms with Crippen molar-refractivity contribution in [1.82, 2.24) is 4.98 Å². The second kappa shape index (κ2) is 4.41. The van der Waals surface area contributed by atoms with E-state index >= 15 is 0 Å². The molecule has 2 nitrogen and oxygen atoms in total. The molecule has 0 aliphatic rings. The maximum absolute atomic E-state index is 13.0. The van der Waals surface area contributed by atoms with Gasteiger partial charge in [0.1, 0.15) is 11.9 Å². The van der Waals surface area contributed by atoms with Crippen molar-refractivity contribution in [3.8, 4) is 0 Å². The van der Waals surface area contributed by atoms with Crippen molar-refractivity contribution in [2.24, 2.45) is 0 Å². The van der Waals surface area contributed by atoms with Crippen LogP contribution in [0.4, 0.5) is 4.39 Å². The number of hydrogen-bond acceptors (Lipinski definition) is 2. The predicted molar refractivity (Wildman–Crippen MR) is 59.4 cm³/mol. The quantitative estimate of drug-likeness (QED) is 0.838. The van der Waals surface area contributed by atoms with Crippen molar-refractivity contribution in [3.05, 3.63) is 65.2 Å². The average molecular weight is 217 g/mol. The lowest BCUT2D eigenvalue weighted by Gasteiger charge is -2.11. The first kappa shape index (κ1) is 10.8. The Balaban J connectivity index is 2.35. The number of pyridine rings is 1. The Bertz CT molecular complexity index is 453. The van der Waals surface area contributed by atoms with Crippen molar-refractivity contribution in [2.75, 3.05) is 0 Å². The van der Waals surface area contributed by atoms with E-state index in [1.54, 1.807) is 30.5 Å². The summed E-state index contributed by atoms with van der Waals surface area (Å²) in [6, 6.07) is 9.48. The van der Waals surface area contributed by atoms with Gasteiger partial charge >= 0.3 is 0 Å². The number of hydrogen-bond donors (Lipinski definition) is 1. The molecule has 0 spiro atoms. The van der Waals surface area contributed by atoms with Crippen LogP contribution < -0.4 is 0 Å². The minimum atomic E-state index is -0.808. The standard InChI is InChI=1S/C13H12FNO/c1-9-7-11(5-6-15-9)13(16)10-3-2-4-12(14)8-10/h2-8,13,16H,1H3. The molecule has 0 radical (unpaired) electrons. The molecule has 16 heavy (non-hydrogen) atoms. The summed E-state index contributed by atoms with van der Waals surface area (Å²) < 4.78 is 13.0. The van der Waals surface area contributed by atoms with Crippen LogP contribution in [0.5, 0.6) is 0 Å². The van der Waals surface area contributed by atoms with Gasteiger partial charge in [0, 0.05) is 11.9 Å². The molecule has 1 heterocycles. The highest BCUT2D eigenvalue weighted by Gasteiger charge is 2.10. The molecule has 0 amide bonds. The summed E-state index contributed by atoms with van der Waals surface area (Å²) in [5.74, 6) is -0.345. The summed E-state index contributed by atoms with van der Waals surface area (Å²) in [7, 11) is 0. The van der Waals surface area contributed by atoms with Gasteiger partial charge in [0.25, 0.3) is 0 Å². The minimum absolute atomic E-state index is 0.345. The third kappa shape index (κ3) is 2.25. The molecule has 1 aromatic heterocycles. The van der Waals surface area contributed by atoms with Crippen molar-refractivity contribution >= 4 is 0 Å². The zero-order valence-corrected chi connectivity index (χ0v) is 8.89.